The van der Waals surface area contributed by atoms with E-state index in [1.54, 1.807) is 12.0 Å². The standard InChI is InChI=1S/C23H19NO2S2/c1-14-8-10-19(15(2)12-14)24-22(25)21(28-23(24)27)13-16-9-11-20(26-3)18-7-5-4-6-17(16)18/h4-13H,1-3H3/b21-13-. The normalized spacial score (nSPS) is 15.7. The molecule has 140 valence electrons. The van der Waals surface area contributed by atoms with Crippen LogP contribution in [0.25, 0.3) is 16.8 Å². The van der Waals surface area contributed by atoms with Crippen molar-refractivity contribution in [2.24, 2.45) is 0 Å². The van der Waals surface area contributed by atoms with E-state index >= 15 is 0 Å². The molecule has 1 aliphatic heterocycles. The van der Waals surface area contributed by atoms with Crippen LogP contribution in [0.2, 0.25) is 0 Å². The zero-order chi connectivity index (χ0) is 19.8. The Morgan fingerprint density at radius 1 is 1.04 bits per heavy atom. The van der Waals surface area contributed by atoms with Crippen molar-refractivity contribution >= 4 is 56.7 Å². The topological polar surface area (TPSA) is 29.5 Å². The number of carbonyl (C=O) groups excluding carboxylic acids is 1. The zero-order valence-electron chi connectivity index (χ0n) is 15.9. The monoisotopic (exact) mass is 405 g/mol. The number of thioether (sulfide) groups is 1. The zero-order valence-corrected chi connectivity index (χ0v) is 17.5. The number of benzene rings is 3. The number of nitrogens with zero attached hydrogens (tertiary/aromatic N) is 1. The van der Waals surface area contributed by atoms with Gasteiger partial charge < -0.3 is 4.74 Å². The summed E-state index contributed by atoms with van der Waals surface area (Å²) in [4.78, 5) is 15.4. The van der Waals surface area contributed by atoms with Crippen molar-refractivity contribution in [3.05, 3.63) is 76.2 Å². The molecule has 1 aliphatic rings. The average Bonchev–Trinajstić information content (AvgIpc) is 2.96. The molecule has 3 aromatic carbocycles. The number of methoxy groups -OCH3 is 1. The maximum absolute atomic E-state index is 13.1. The molecule has 3 aromatic rings. The number of rotatable bonds is 3. The van der Waals surface area contributed by atoms with Crippen LogP contribution >= 0.6 is 24.0 Å². The van der Waals surface area contributed by atoms with Crippen LogP contribution in [0.3, 0.4) is 0 Å². The number of amides is 1. The first-order valence-electron chi connectivity index (χ1n) is 8.90. The molecule has 0 radical (unpaired) electrons. The summed E-state index contributed by atoms with van der Waals surface area (Å²) in [6.45, 7) is 4.04. The van der Waals surface area contributed by atoms with E-state index in [-0.39, 0.29) is 5.91 Å². The number of hydrogen-bond donors (Lipinski definition) is 0. The van der Waals surface area contributed by atoms with Crippen molar-refractivity contribution in [1.29, 1.82) is 0 Å². The predicted octanol–water partition coefficient (Wildman–Crippen LogP) is 5.87. The molecule has 1 amide bonds. The summed E-state index contributed by atoms with van der Waals surface area (Å²) in [5, 5.41) is 2.06. The number of anilines is 1. The number of thiocarbonyl (C=S) groups is 1. The number of fused-ring (bicyclic) bond motifs is 1. The van der Waals surface area contributed by atoms with Crippen LogP contribution in [0.15, 0.2) is 59.5 Å². The van der Waals surface area contributed by atoms with E-state index in [1.165, 1.54) is 11.8 Å². The highest BCUT2D eigenvalue weighted by molar-refractivity contribution is 8.27. The van der Waals surface area contributed by atoms with Crippen molar-refractivity contribution in [3.63, 3.8) is 0 Å². The van der Waals surface area contributed by atoms with Crippen molar-refractivity contribution < 1.29 is 9.53 Å². The second kappa shape index (κ2) is 7.41. The smallest absolute Gasteiger partial charge is 0.270 e. The number of hydrogen-bond acceptors (Lipinski definition) is 4. The van der Waals surface area contributed by atoms with Crippen molar-refractivity contribution in [1.82, 2.24) is 0 Å². The van der Waals surface area contributed by atoms with E-state index in [9.17, 15) is 4.79 Å². The van der Waals surface area contributed by atoms with Crippen LogP contribution in [0.1, 0.15) is 16.7 Å². The van der Waals surface area contributed by atoms with Gasteiger partial charge in [0.2, 0.25) is 0 Å². The average molecular weight is 406 g/mol. The molecule has 28 heavy (non-hydrogen) atoms. The highest BCUT2D eigenvalue weighted by Crippen LogP contribution is 2.39. The third-order valence-corrected chi connectivity index (χ3v) is 6.11. The first kappa shape index (κ1) is 18.7. The van der Waals surface area contributed by atoms with Gasteiger partial charge in [0.25, 0.3) is 5.91 Å². The second-order valence-electron chi connectivity index (χ2n) is 6.71. The summed E-state index contributed by atoms with van der Waals surface area (Å²) in [6, 6.07) is 18.0. The minimum atomic E-state index is -0.0816. The lowest BCUT2D eigenvalue weighted by atomic mass is 10.0. The van der Waals surface area contributed by atoms with Gasteiger partial charge in [-0.2, -0.15) is 0 Å². The van der Waals surface area contributed by atoms with Gasteiger partial charge in [0.1, 0.15) is 5.75 Å². The van der Waals surface area contributed by atoms with Gasteiger partial charge >= 0.3 is 0 Å². The molecule has 0 saturated carbocycles. The molecule has 0 aromatic heterocycles. The van der Waals surface area contributed by atoms with Gasteiger partial charge in [0.15, 0.2) is 4.32 Å². The summed E-state index contributed by atoms with van der Waals surface area (Å²) in [5.74, 6) is 0.734. The van der Waals surface area contributed by atoms with Crippen LogP contribution in [0, 0.1) is 13.8 Å². The fourth-order valence-electron chi connectivity index (χ4n) is 3.47. The van der Waals surface area contributed by atoms with E-state index in [0.717, 1.165) is 38.9 Å². The molecule has 1 saturated heterocycles. The van der Waals surface area contributed by atoms with Gasteiger partial charge in [-0.3, -0.25) is 9.69 Å². The molecule has 5 heteroatoms. The lowest BCUT2D eigenvalue weighted by Gasteiger charge is -2.17. The lowest BCUT2D eigenvalue weighted by molar-refractivity contribution is -0.113. The molecular formula is C23H19NO2S2. The van der Waals surface area contributed by atoms with E-state index in [4.69, 9.17) is 17.0 Å². The van der Waals surface area contributed by atoms with Gasteiger partial charge in [-0.1, -0.05) is 72.0 Å². The van der Waals surface area contributed by atoms with Gasteiger partial charge in [-0.05, 0) is 48.6 Å². The van der Waals surface area contributed by atoms with Crippen molar-refractivity contribution in [2.45, 2.75) is 13.8 Å². The summed E-state index contributed by atoms with van der Waals surface area (Å²) in [7, 11) is 1.66. The van der Waals surface area contributed by atoms with E-state index in [0.29, 0.717) is 9.23 Å². The Labute approximate surface area is 174 Å². The molecule has 0 N–H and O–H groups in total. The SMILES string of the molecule is COc1ccc(/C=C2\SC(=S)N(c3ccc(C)cc3C)C2=O)c2ccccc12. The van der Waals surface area contributed by atoms with E-state index in [2.05, 4.69) is 6.07 Å². The highest BCUT2D eigenvalue weighted by atomic mass is 32.2. The maximum atomic E-state index is 13.1. The number of aryl methyl sites for hydroxylation is 2. The van der Waals surface area contributed by atoms with Gasteiger partial charge in [0.05, 0.1) is 17.7 Å². The third kappa shape index (κ3) is 3.21. The van der Waals surface area contributed by atoms with E-state index in [1.807, 2.05) is 68.5 Å². The summed E-state index contributed by atoms with van der Waals surface area (Å²) < 4.78 is 6.02. The number of ether oxygens (including phenoxy) is 1. The Hall–Kier alpha value is -2.63. The van der Waals surface area contributed by atoms with Crippen LogP contribution in [0.4, 0.5) is 5.69 Å². The molecular weight excluding hydrogens is 386 g/mol. The first-order valence-corrected chi connectivity index (χ1v) is 10.1. The lowest BCUT2D eigenvalue weighted by Crippen LogP contribution is -2.28. The fourth-order valence-corrected chi connectivity index (χ4v) is 4.75. The minimum absolute atomic E-state index is 0.0816. The molecule has 1 fully saturated rings. The number of carbonyl (C=O) groups is 1. The third-order valence-electron chi connectivity index (χ3n) is 4.81. The molecule has 0 atom stereocenters. The Bertz CT molecular complexity index is 1150. The highest BCUT2D eigenvalue weighted by Gasteiger charge is 2.34. The Kier molecular flexibility index (Phi) is 4.96. The first-order chi connectivity index (χ1) is 13.5. The van der Waals surface area contributed by atoms with Gasteiger partial charge in [0, 0.05) is 5.39 Å². The molecule has 4 rings (SSSR count). The van der Waals surface area contributed by atoms with Gasteiger partial charge in [-0.15, -0.1) is 0 Å². The van der Waals surface area contributed by atoms with Crippen LogP contribution in [-0.2, 0) is 4.79 Å². The van der Waals surface area contributed by atoms with Crippen LogP contribution in [-0.4, -0.2) is 17.3 Å². The second-order valence-corrected chi connectivity index (χ2v) is 8.39. The van der Waals surface area contributed by atoms with E-state index < -0.39 is 0 Å². The predicted molar refractivity (Wildman–Crippen MR) is 122 cm³/mol. The minimum Gasteiger partial charge on any atom is -0.496 e. The Morgan fingerprint density at radius 3 is 2.50 bits per heavy atom. The molecule has 0 aliphatic carbocycles. The maximum Gasteiger partial charge on any atom is 0.270 e. The fraction of sp³-hybridized carbons (Fsp3) is 0.130. The summed E-state index contributed by atoms with van der Waals surface area (Å²) in [6.07, 6.45) is 1.92. The molecule has 0 unspecified atom stereocenters. The Morgan fingerprint density at radius 2 is 1.79 bits per heavy atom. The Balaban J connectivity index is 1.77. The largest absolute Gasteiger partial charge is 0.496 e. The summed E-state index contributed by atoms with van der Waals surface area (Å²) >= 11 is 6.87. The van der Waals surface area contributed by atoms with Crippen molar-refractivity contribution in [3.8, 4) is 5.75 Å². The van der Waals surface area contributed by atoms with Crippen molar-refractivity contribution in [2.75, 3.05) is 12.0 Å². The summed E-state index contributed by atoms with van der Waals surface area (Å²) in [5.41, 5.74) is 4.01. The van der Waals surface area contributed by atoms with Crippen LogP contribution in [0.5, 0.6) is 5.75 Å². The molecule has 0 bridgehead atoms. The quantitative estimate of drug-likeness (QED) is 0.402. The van der Waals surface area contributed by atoms with Crippen LogP contribution < -0.4 is 9.64 Å². The molecule has 3 nitrogen and oxygen atoms in total. The van der Waals surface area contributed by atoms with Gasteiger partial charge in [-0.25, -0.2) is 0 Å². The molecule has 1 heterocycles. The molecule has 0 spiro atoms.